The molecule has 1 N–H and O–H groups in total. The molecular formula is C22H25Cl4N3O4S. The summed E-state index contributed by atoms with van der Waals surface area (Å²) in [4.78, 5) is 27.5. The van der Waals surface area contributed by atoms with Crippen LogP contribution < -0.4 is 9.62 Å². The normalized spacial score (nSPS) is 12.4. The van der Waals surface area contributed by atoms with E-state index in [1.54, 1.807) is 39.0 Å². The van der Waals surface area contributed by atoms with E-state index in [0.717, 1.165) is 10.6 Å². The zero-order valence-electron chi connectivity index (χ0n) is 19.0. The molecule has 7 nitrogen and oxygen atoms in total. The molecule has 2 amide bonds. The Bertz CT molecular complexity index is 1170. The van der Waals surface area contributed by atoms with Crippen molar-refractivity contribution in [2.45, 2.75) is 39.4 Å². The van der Waals surface area contributed by atoms with Gasteiger partial charge in [-0.1, -0.05) is 52.5 Å². The van der Waals surface area contributed by atoms with Crippen LogP contribution in [0.5, 0.6) is 0 Å². The zero-order valence-corrected chi connectivity index (χ0v) is 22.8. The number of nitrogens with zero attached hydrogens (tertiary/aromatic N) is 2. The van der Waals surface area contributed by atoms with Crippen LogP contribution in [0, 0.1) is 0 Å². The van der Waals surface area contributed by atoms with Crippen LogP contribution in [0.3, 0.4) is 0 Å². The van der Waals surface area contributed by atoms with Gasteiger partial charge in [0, 0.05) is 17.6 Å². The molecule has 1 unspecified atom stereocenters. The van der Waals surface area contributed by atoms with Crippen molar-refractivity contribution in [2.75, 3.05) is 17.1 Å². The topological polar surface area (TPSA) is 86.8 Å². The fourth-order valence-corrected chi connectivity index (χ4v) is 4.84. The number of amides is 2. The average Bonchev–Trinajstić information content (AvgIpc) is 2.71. The molecule has 0 aliphatic carbocycles. The maximum Gasteiger partial charge on any atom is 0.244 e. The highest BCUT2D eigenvalue weighted by molar-refractivity contribution is 7.92. The number of anilines is 1. The summed E-state index contributed by atoms with van der Waals surface area (Å²) in [6, 6.07) is 8.04. The van der Waals surface area contributed by atoms with Crippen molar-refractivity contribution in [1.82, 2.24) is 10.2 Å². The van der Waals surface area contributed by atoms with E-state index in [-0.39, 0.29) is 34.2 Å². The van der Waals surface area contributed by atoms with Gasteiger partial charge in [0.15, 0.2) is 0 Å². The number of halogens is 4. The highest BCUT2D eigenvalue weighted by Crippen LogP contribution is 2.31. The molecule has 0 heterocycles. The van der Waals surface area contributed by atoms with Crippen molar-refractivity contribution < 1.29 is 18.0 Å². The highest BCUT2D eigenvalue weighted by Gasteiger charge is 2.31. The number of benzene rings is 2. The second-order valence-corrected chi connectivity index (χ2v) is 11.5. The standard InChI is InChI=1S/C22H25Cl4N3O4S/c1-13(2)27-22(31)14(3)28(11-15-5-7-17(24)18(25)9-15)21(30)12-29(34(4,32)33)20-8-6-16(23)10-19(20)26/h5-10,13-14H,11-12H2,1-4H3,(H,27,31). The summed E-state index contributed by atoms with van der Waals surface area (Å²) >= 11 is 24.3. The van der Waals surface area contributed by atoms with E-state index < -0.39 is 28.5 Å². The Balaban J connectivity index is 2.44. The van der Waals surface area contributed by atoms with Gasteiger partial charge in [-0.15, -0.1) is 0 Å². The van der Waals surface area contributed by atoms with Crippen molar-refractivity contribution >= 4 is 73.9 Å². The van der Waals surface area contributed by atoms with Gasteiger partial charge in [-0.2, -0.15) is 0 Å². The van der Waals surface area contributed by atoms with E-state index in [9.17, 15) is 18.0 Å². The predicted octanol–water partition coefficient (Wildman–Crippen LogP) is 5.01. The van der Waals surface area contributed by atoms with E-state index in [0.29, 0.717) is 15.6 Å². The first-order chi connectivity index (χ1) is 15.7. The van der Waals surface area contributed by atoms with Crippen LogP contribution in [-0.2, 0) is 26.2 Å². The van der Waals surface area contributed by atoms with Crippen LogP contribution >= 0.6 is 46.4 Å². The minimum atomic E-state index is -3.91. The summed E-state index contributed by atoms with van der Waals surface area (Å²) in [5.74, 6) is -1.01. The second kappa shape index (κ2) is 11.8. The summed E-state index contributed by atoms with van der Waals surface area (Å²) in [7, 11) is -3.91. The van der Waals surface area contributed by atoms with Crippen LogP contribution in [0.2, 0.25) is 20.1 Å². The lowest BCUT2D eigenvalue weighted by Gasteiger charge is -2.32. The first kappa shape index (κ1) is 28.5. The summed E-state index contributed by atoms with van der Waals surface area (Å²) in [6.45, 7) is 4.57. The first-order valence-corrected chi connectivity index (χ1v) is 13.5. The molecular weight excluding hydrogens is 544 g/mol. The number of rotatable bonds is 9. The van der Waals surface area contributed by atoms with Gasteiger partial charge in [-0.25, -0.2) is 8.42 Å². The molecule has 1 atom stereocenters. The Hall–Kier alpha value is -1.71. The lowest BCUT2D eigenvalue weighted by molar-refractivity contribution is -0.139. The van der Waals surface area contributed by atoms with Crippen molar-refractivity contribution in [3.8, 4) is 0 Å². The first-order valence-electron chi connectivity index (χ1n) is 10.2. The Morgan fingerprint density at radius 1 is 0.941 bits per heavy atom. The molecule has 186 valence electrons. The predicted molar refractivity (Wildman–Crippen MR) is 138 cm³/mol. The monoisotopic (exact) mass is 567 g/mol. The average molecular weight is 569 g/mol. The smallest absolute Gasteiger partial charge is 0.244 e. The Kier molecular flexibility index (Phi) is 9.91. The highest BCUT2D eigenvalue weighted by atomic mass is 35.5. The SMILES string of the molecule is CC(C)NC(=O)C(C)N(Cc1ccc(Cl)c(Cl)c1)C(=O)CN(c1ccc(Cl)cc1Cl)S(C)(=O)=O. The van der Waals surface area contributed by atoms with Gasteiger partial charge < -0.3 is 10.2 Å². The molecule has 2 rings (SSSR count). The van der Waals surface area contributed by atoms with Crippen molar-refractivity contribution in [3.05, 3.63) is 62.1 Å². The Morgan fingerprint density at radius 2 is 1.59 bits per heavy atom. The summed E-state index contributed by atoms with van der Waals surface area (Å²) in [5.41, 5.74) is 0.707. The van der Waals surface area contributed by atoms with Crippen molar-refractivity contribution in [3.63, 3.8) is 0 Å². The minimum Gasteiger partial charge on any atom is -0.352 e. The molecule has 0 fully saturated rings. The molecule has 12 heteroatoms. The molecule has 2 aromatic rings. The second-order valence-electron chi connectivity index (χ2n) is 7.97. The van der Waals surface area contributed by atoms with E-state index >= 15 is 0 Å². The molecule has 0 bridgehead atoms. The van der Waals surface area contributed by atoms with Crippen LogP contribution in [0.1, 0.15) is 26.3 Å². The third-order valence-electron chi connectivity index (χ3n) is 4.79. The summed E-state index contributed by atoms with van der Waals surface area (Å²) < 4.78 is 26.0. The van der Waals surface area contributed by atoms with Crippen LogP contribution in [0.15, 0.2) is 36.4 Å². The van der Waals surface area contributed by atoms with E-state index in [1.807, 2.05) is 0 Å². The maximum absolute atomic E-state index is 13.5. The molecule has 0 saturated heterocycles. The van der Waals surface area contributed by atoms with Gasteiger partial charge in [-0.05, 0) is 56.7 Å². The van der Waals surface area contributed by atoms with Gasteiger partial charge in [-0.3, -0.25) is 13.9 Å². The van der Waals surface area contributed by atoms with Crippen molar-refractivity contribution in [2.24, 2.45) is 0 Å². The fourth-order valence-electron chi connectivity index (χ4n) is 3.10. The molecule has 34 heavy (non-hydrogen) atoms. The quantitative estimate of drug-likeness (QED) is 0.461. The van der Waals surface area contributed by atoms with Crippen molar-refractivity contribution in [1.29, 1.82) is 0 Å². The molecule has 0 saturated carbocycles. The van der Waals surface area contributed by atoms with Gasteiger partial charge in [0.2, 0.25) is 21.8 Å². The summed E-state index contributed by atoms with van der Waals surface area (Å²) in [5, 5.41) is 3.77. The van der Waals surface area contributed by atoms with E-state index in [4.69, 9.17) is 46.4 Å². The van der Waals surface area contributed by atoms with Gasteiger partial charge in [0.25, 0.3) is 0 Å². The molecule has 0 radical (unpaired) electrons. The number of carbonyl (C=O) groups is 2. The summed E-state index contributed by atoms with van der Waals surface area (Å²) in [6.07, 6.45) is 0.962. The largest absolute Gasteiger partial charge is 0.352 e. The maximum atomic E-state index is 13.5. The molecule has 2 aromatic carbocycles. The number of nitrogens with one attached hydrogen (secondary N) is 1. The lowest BCUT2D eigenvalue weighted by atomic mass is 10.1. The Labute approximate surface area is 220 Å². The zero-order chi connectivity index (χ0) is 25.8. The van der Waals surface area contributed by atoms with Gasteiger partial charge in [0.05, 0.1) is 27.0 Å². The van der Waals surface area contributed by atoms with Crippen LogP contribution in [0.4, 0.5) is 5.69 Å². The van der Waals surface area contributed by atoms with Crippen LogP contribution in [0.25, 0.3) is 0 Å². The molecule has 0 aliphatic rings. The minimum absolute atomic E-state index is 0.00560. The van der Waals surface area contributed by atoms with Crippen LogP contribution in [-0.4, -0.2) is 50.0 Å². The third-order valence-corrected chi connectivity index (χ3v) is 7.20. The molecule has 0 aromatic heterocycles. The molecule has 0 aliphatic heterocycles. The number of hydrogen-bond donors (Lipinski definition) is 1. The van der Waals surface area contributed by atoms with Gasteiger partial charge in [0.1, 0.15) is 12.6 Å². The third kappa shape index (κ3) is 7.65. The number of carbonyl (C=O) groups excluding carboxylic acids is 2. The number of hydrogen-bond acceptors (Lipinski definition) is 4. The number of sulfonamides is 1. The Morgan fingerprint density at radius 3 is 2.12 bits per heavy atom. The van der Waals surface area contributed by atoms with Gasteiger partial charge >= 0.3 is 0 Å². The van der Waals surface area contributed by atoms with E-state index in [1.165, 1.54) is 23.1 Å². The lowest BCUT2D eigenvalue weighted by Crippen LogP contribution is -2.52. The molecule has 0 spiro atoms. The fraction of sp³-hybridized carbons (Fsp3) is 0.364. The van der Waals surface area contributed by atoms with E-state index in [2.05, 4.69) is 5.32 Å².